The van der Waals surface area contributed by atoms with E-state index in [4.69, 9.17) is 4.74 Å². The number of benzene rings is 2. The molecule has 1 fully saturated rings. The number of carbonyl (C=O) groups is 2. The lowest BCUT2D eigenvalue weighted by molar-refractivity contribution is -0.121. The highest BCUT2D eigenvalue weighted by Crippen LogP contribution is 2.31. The summed E-state index contributed by atoms with van der Waals surface area (Å²) in [7, 11) is 0. The summed E-state index contributed by atoms with van der Waals surface area (Å²) in [6.45, 7) is 6.32. The average Bonchev–Trinajstić information content (AvgIpc) is 3.50. The summed E-state index contributed by atoms with van der Waals surface area (Å²) in [5.41, 5.74) is 2.60. The molecule has 1 aliphatic rings. The van der Waals surface area contributed by atoms with E-state index in [-0.39, 0.29) is 30.4 Å². The average molecular weight is 434 g/mol. The highest BCUT2D eigenvalue weighted by atomic mass is 16.5. The number of nitrogens with one attached hydrogen (secondary N) is 2. The molecular formula is C26H31N3O3. The molecule has 0 aliphatic heterocycles. The van der Waals surface area contributed by atoms with E-state index in [0.29, 0.717) is 17.4 Å². The largest absolute Gasteiger partial charge is 0.484 e. The predicted molar refractivity (Wildman–Crippen MR) is 128 cm³/mol. The molecule has 3 aromatic rings. The van der Waals surface area contributed by atoms with Gasteiger partial charge in [0.15, 0.2) is 6.61 Å². The van der Waals surface area contributed by atoms with Crippen molar-refractivity contribution in [1.29, 1.82) is 0 Å². The van der Waals surface area contributed by atoms with E-state index < -0.39 is 0 Å². The first-order valence-corrected chi connectivity index (χ1v) is 11.3. The molecule has 1 saturated carbocycles. The van der Waals surface area contributed by atoms with Crippen LogP contribution in [0.5, 0.6) is 5.75 Å². The SMILES string of the molecule is CC(C)C[C@H](C)N(C(=O)COc1cccc(NC(=O)C2CC2)c1)c1ccc2[nH]ccc2c1. The molecule has 0 spiro atoms. The summed E-state index contributed by atoms with van der Waals surface area (Å²) in [6, 6.07) is 15.3. The molecule has 0 radical (unpaired) electrons. The fourth-order valence-electron chi connectivity index (χ4n) is 4.09. The molecule has 1 aliphatic carbocycles. The second-order valence-electron chi connectivity index (χ2n) is 9.07. The molecule has 4 rings (SSSR count). The summed E-state index contributed by atoms with van der Waals surface area (Å²) >= 11 is 0. The minimum Gasteiger partial charge on any atom is -0.484 e. The zero-order chi connectivity index (χ0) is 22.7. The lowest BCUT2D eigenvalue weighted by Gasteiger charge is -2.30. The molecule has 0 saturated heterocycles. The van der Waals surface area contributed by atoms with E-state index in [0.717, 1.165) is 35.9 Å². The molecule has 6 nitrogen and oxygen atoms in total. The Morgan fingerprint density at radius 2 is 1.94 bits per heavy atom. The third-order valence-electron chi connectivity index (χ3n) is 5.75. The van der Waals surface area contributed by atoms with E-state index in [9.17, 15) is 9.59 Å². The maximum atomic E-state index is 13.3. The van der Waals surface area contributed by atoms with Crippen LogP contribution < -0.4 is 15.0 Å². The minimum absolute atomic E-state index is 0.0339. The fourth-order valence-corrected chi connectivity index (χ4v) is 4.09. The van der Waals surface area contributed by atoms with Gasteiger partial charge in [-0.1, -0.05) is 19.9 Å². The molecule has 6 heteroatoms. The van der Waals surface area contributed by atoms with E-state index in [1.807, 2.05) is 47.5 Å². The third kappa shape index (κ3) is 5.31. The van der Waals surface area contributed by atoms with Crippen LogP contribution in [0, 0.1) is 11.8 Å². The van der Waals surface area contributed by atoms with Crippen LogP contribution in [0.15, 0.2) is 54.7 Å². The van der Waals surface area contributed by atoms with Gasteiger partial charge >= 0.3 is 0 Å². The highest BCUT2D eigenvalue weighted by Gasteiger charge is 2.29. The molecule has 0 unspecified atom stereocenters. The van der Waals surface area contributed by atoms with Gasteiger partial charge in [0.2, 0.25) is 5.91 Å². The van der Waals surface area contributed by atoms with Gasteiger partial charge in [0, 0.05) is 46.5 Å². The van der Waals surface area contributed by atoms with E-state index in [2.05, 4.69) is 31.1 Å². The molecule has 168 valence electrons. The van der Waals surface area contributed by atoms with E-state index in [1.165, 1.54) is 0 Å². The zero-order valence-electron chi connectivity index (χ0n) is 18.9. The number of rotatable bonds is 9. The number of nitrogens with zero attached hydrogens (tertiary/aromatic N) is 1. The van der Waals surface area contributed by atoms with E-state index >= 15 is 0 Å². The van der Waals surface area contributed by atoms with Crippen molar-refractivity contribution in [2.75, 3.05) is 16.8 Å². The second kappa shape index (κ2) is 9.47. The lowest BCUT2D eigenvalue weighted by Crippen LogP contribution is -2.42. The summed E-state index contributed by atoms with van der Waals surface area (Å²) in [5, 5.41) is 3.98. The molecule has 1 heterocycles. The maximum Gasteiger partial charge on any atom is 0.265 e. The van der Waals surface area contributed by atoms with Crippen LogP contribution in [0.2, 0.25) is 0 Å². The van der Waals surface area contributed by atoms with Crippen LogP contribution in [0.3, 0.4) is 0 Å². The monoisotopic (exact) mass is 433 g/mol. The van der Waals surface area contributed by atoms with Crippen molar-refractivity contribution in [3.8, 4) is 5.75 Å². The van der Waals surface area contributed by atoms with Gasteiger partial charge < -0.3 is 19.9 Å². The predicted octanol–water partition coefficient (Wildman–Crippen LogP) is 5.36. The van der Waals surface area contributed by atoms with Crippen molar-refractivity contribution < 1.29 is 14.3 Å². The number of amides is 2. The van der Waals surface area contributed by atoms with E-state index in [1.54, 1.807) is 12.1 Å². The summed E-state index contributed by atoms with van der Waals surface area (Å²) in [4.78, 5) is 30.4. The van der Waals surface area contributed by atoms with Gasteiger partial charge in [0.1, 0.15) is 5.75 Å². The first kappa shape index (κ1) is 21.9. The topological polar surface area (TPSA) is 74.4 Å². The van der Waals surface area contributed by atoms with Crippen LogP contribution in [-0.2, 0) is 9.59 Å². The number of fused-ring (bicyclic) bond motifs is 1. The molecule has 1 aromatic heterocycles. The Kier molecular flexibility index (Phi) is 6.49. The molecule has 2 amide bonds. The zero-order valence-corrected chi connectivity index (χ0v) is 18.9. The van der Waals surface area contributed by atoms with Crippen molar-refractivity contribution in [1.82, 2.24) is 4.98 Å². The minimum atomic E-state index is -0.0968. The Morgan fingerprint density at radius 3 is 2.69 bits per heavy atom. The Bertz CT molecular complexity index is 1100. The number of anilines is 2. The van der Waals surface area contributed by atoms with Gasteiger partial charge in [-0.2, -0.15) is 0 Å². The van der Waals surface area contributed by atoms with Gasteiger partial charge in [-0.05, 0) is 68.5 Å². The van der Waals surface area contributed by atoms with Gasteiger partial charge in [-0.3, -0.25) is 9.59 Å². The van der Waals surface area contributed by atoms with Crippen molar-refractivity contribution in [3.63, 3.8) is 0 Å². The van der Waals surface area contributed by atoms with Crippen molar-refractivity contribution >= 4 is 34.1 Å². The number of hydrogen-bond donors (Lipinski definition) is 2. The van der Waals surface area contributed by atoms with Crippen molar-refractivity contribution in [2.45, 2.75) is 46.1 Å². The van der Waals surface area contributed by atoms with Gasteiger partial charge in [0.05, 0.1) is 0 Å². The number of ether oxygens (including phenoxy) is 1. The van der Waals surface area contributed by atoms with Crippen LogP contribution in [0.1, 0.15) is 40.0 Å². The fraction of sp³-hybridized carbons (Fsp3) is 0.385. The molecular weight excluding hydrogens is 402 g/mol. The molecule has 2 aromatic carbocycles. The lowest BCUT2D eigenvalue weighted by atomic mass is 10.0. The first-order valence-electron chi connectivity index (χ1n) is 11.3. The van der Waals surface area contributed by atoms with Gasteiger partial charge in [0.25, 0.3) is 5.91 Å². The number of H-pyrrole nitrogens is 1. The third-order valence-corrected chi connectivity index (χ3v) is 5.75. The van der Waals surface area contributed by atoms with Gasteiger partial charge in [-0.25, -0.2) is 0 Å². The number of hydrogen-bond acceptors (Lipinski definition) is 3. The van der Waals surface area contributed by atoms with Crippen LogP contribution in [0.25, 0.3) is 10.9 Å². The standard InChI is InChI=1S/C26H31N3O3/c1-17(2)13-18(3)29(22-9-10-24-20(14-22)11-12-27-24)25(30)16-32-23-6-4-5-21(15-23)28-26(31)19-7-8-19/h4-6,9-12,14-15,17-19,27H,7-8,13,16H2,1-3H3,(H,28,31)/t18-/m0/s1. The summed E-state index contributed by atoms with van der Waals surface area (Å²) in [6.07, 6.45) is 4.70. The van der Waals surface area contributed by atoms with Gasteiger partial charge in [-0.15, -0.1) is 0 Å². The Balaban J connectivity index is 1.47. The van der Waals surface area contributed by atoms with Crippen LogP contribution in [0.4, 0.5) is 11.4 Å². The first-order chi connectivity index (χ1) is 15.4. The maximum absolute atomic E-state index is 13.3. The number of aromatic amines is 1. The number of carbonyl (C=O) groups excluding carboxylic acids is 2. The molecule has 2 N–H and O–H groups in total. The smallest absolute Gasteiger partial charge is 0.265 e. The van der Waals surface area contributed by atoms with Crippen molar-refractivity contribution in [2.24, 2.45) is 11.8 Å². The molecule has 0 bridgehead atoms. The normalized spacial score (nSPS) is 14.4. The van der Waals surface area contributed by atoms with Crippen molar-refractivity contribution in [3.05, 3.63) is 54.7 Å². The Labute approximate surface area is 188 Å². The molecule has 32 heavy (non-hydrogen) atoms. The Morgan fingerprint density at radius 1 is 1.12 bits per heavy atom. The number of aromatic nitrogens is 1. The Hall–Kier alpha value is -3.28. The summed E-state index contributed by atoms with van der Waals surface area (Å²) in [5.74, 6) is 1.11. The summed E-state index contributed by atoms with van der Waals surface area (Å²) < 4.78 is 5.85. The second-order valence-corrected chi connectivity index (χ2v) is 9.07. The van der Waals surface area contributed by atoms with Crippen LogP contribution in [-0.4, -0.2) is 29.4 Å². The van der Waals surface area contributed by atoms with Crippen LogP contribution >= 0.6 is 0 Å². The quantitative estimate of drug-likeness (QED) is 0.477. The highest BCUT2D eigenvalue weighted by molar-refractivity contribution is 5.97. The molecule has 1 atom stereocenters.